The largest absolute Gasteiger partial charge is 0.396 e. The Hall–Kier alpha value is -2.71. The highest BCUT2D eigenvalue weighted by atomic mass is 32.1. The Balaban J connectivity index is 1.88. The number of fused-ring (bicyclic) bond motifs is 1. The summed E-state index contributed by atoms with van der Waals surface area (Å²) in [5.74, 6) is 0.737. The molecular formula is C27H38N4O3S. The van der Waals surface area contributed by atoms with Gasteiger partial charge in [0.25, 0.3) is 5.91 Å². The van der Waals surface area contributed by atoms with Gasteiger partial charge in [-0.25, -0.2) is 4.98 Å². The number of nitrogens with zero attached hydrogens (tertiary/aromatic N) is 2. The summed E-state index contributed by atoms with van der Waals surface area (Å²) in [7, 11) is 0. The second-order valence-corrected chi connectivity index (χ2v) is 10.4. The van der Waals surface area contributed by atoms with Crippen molar-refractivity contribution < 1.29 is 14.7 Å². The smallest absolute Gasteiger partial charge is 0.252 e. The van der Waals surface area contributed by atoms with Gasteiger partial charge in [0.15, 0.2) is 0 Å². The SMILES string of the molecule is CCC(CC)n1c(Cc2cccs2)nc2cc(C(=O)N[C@@H](CC(C)C)C(=O)NCCCO)ccc21. The van der Waals surface area contributed by atoms with Crippen LogP contribution in [0.4, 0.5) is 0 Å². The van der Waals surface area contributed by atoms with Crippen LogP contribution in [-0.2, 0) is 11.2 Å². The second-order valence-electron chi connectivity index (χ2n) is 9.35. The molecule has 35 heavy (non-hydrogen) atoms. The number of thiophene rings is 1. The monoisotopic (exact) mass is 498 g/mol. The molecule has 0 fully saturated rings. The number of rotatable bonds is 13. The number of amides is 2. The minimum absolute atomic E-state index is 0.0134. The van der Waals surface area contributed by atoms with Crippen LogP contribution in [-0.4, -0.2) is 45.7 Å². The maximum Gasteiger partial charge on any atom is 0.252 e. The van der Waals surface area contributed by atoms with E-state index in [1.54, 1.807) is 11.3 Å². The zero-order chi connectivity index (χ0) is 25.4. The Morgan fingerprint density at radius 2 is 1.94 bits per heavy atom. The van der Waals surface area contributed by atoms with Gasteiger partial charge in [0.1, 0.15) is 11.9 Å². The fraction of sp³-hybridized carbons (Fsp3) is 0.519. The third-order valence-corrected chi connectivity index (χ3v) is 7.08. The van der Waals surface area contributed by atoms with Crippen molar-refractivity contribution in [2.24, 2.45) is 5.92 Å². The summed E-state index contributed by atoms with van der Waals surface area (Å²) in [4.78, 5) is 32.0. The average Bonchev–Trinajstić information content (AvgIpc) is 3.47. The van der Waals surface area contributed by atoms with Crippen LogP contribution >= 0.6 is 11.3 Å². The van der Waals surface area contributed by atoms with Crippen LogP contribution in [0, 0.1) is 5.92 Å². The second kappa shape index (κ2) is 12.8. The Morgan fingerprint density at radius 1 is 1.17 bits per heavy atom. The van der Waals surface area contributed by atoms with Crippen LogP contribution in [0.25, 0.3) is 11.0 Å². The summed E-state index contributed by atoms with van der Waals surface area (Å²) in [5, 5.41) is 16.8. The number of carbonyl (C=O) groups is 2. The topological polar surface area (TPSA) is 96.2 Å². The van der Waals surface area contributed by atoms with E-state index in [1.165, 1.54) is 4.88 Å². The molecule has 0 radical (unpaired) electrons. The van der Waals surface area contributed by atoms with Crippen molar-refractivity contribution >= 4 is 34.2 Å². The lowest BCUT2D eigenvalue weighted by Crippen LogP contribution is -2.47. The van der Waals surface area contributed by atoms with E-state index in [9.17, 15) is 9.59 Å². The van der Waals surface area contributed by atoms with Crippen molar-refractivity contribution in [1.29, 1.82) is 0 Å². The molecule has 0 aliphatic rings. The van der Waals surface area contributed by atoms with E-state index in [0.717, 1.165) is 36.1 Å². The van der Waals surface area contributed by atoms with Crippen LogP contribution in [0.2, 0.25) is 0 Å². The van der Waals surface area contributed by atoms with E-state index >= 15 is 0 Å². The molecule has 0 aliphatic carbocycles. The normalized spacial score (nSPS) is 12.4. The van der Waals surface area contributed by atoms with Crippen LogP contribution in [0.3, 0.4) is 0 Å². The summed E-state index contributed by atoms with van der Waals surface area (Å²) in [6.45, 7) is 8.82. The number of benzene rings is 1. The molecule has 3 aromatic rings. The lowest BCUT2D eigenvalue weighted by atomic mass is 10.0. The first-order valence-corrected chi connectivity index (χ1v) is 13.5. The molecule has 2 amide bonds. The number of aromatic nitrogens is 2. The van der Waals surface area contributed by atoms with Crippen molar-refractivity contribution in [2.75, 3.05) is 13.2 Å². The first-order chi connectivity index (χ1) is 16.9. The van der Waals surface area contributed by atoms with Gasteiger partial charge in [-0.15, -0.1) is 11.3 Å². The minimum atomic E-state index is -0.631. The molecule has 3 rings (SSSR count). The predicted octanol–water partition coefficient (Wildman–Crippen LogP) is 4.69. The zero-order valence-corrected chi connectivity index (χ0v) is 22.0. The van der Waals surface area contributed by atoms with Gasteiger partial charge in [-0.05, 0) is 61.2 Å². The fourth-order valence-electron chi connectivity index (χ4n) is 4.40. The van der Waals surface area contributed by atoms with Gasteiger partial charge in [-0.1, -0.05) is 33.8 Å². The number of imidazole rings is 1. The molecule has 0 saturated carbocycles. The summed E-state index contributed by atoms with van der Waals surface area (Å²) in [6.07, 6.45) is 3.79. The van der Waals surface area contributed by atoms with E-state index in [4.69, 9.17) is 10.1 Å². The maximum absolute atomic E-state index is 13.1. The molecule has 0 saturated heterocycles. The van der Waals surface area contributed by atoms with Gasteiger partial charge in [0.2, 0.25) is 5.91 Å². The van der Waals surface area contributed by atoms with Crippen molar-refractivity contribution in [2.45, 2.75) is 71.9 Å². The molecule has 3 N–H and O–H groups in total. The quantitative estimate of drug-likeness (QED) is 0.298. The van der Waals surface area contributed by atoms with E-state index in [1.807, 2.05) is 32.0 Å². The standard InChI is InChI=1S/C27H38N4O3S/c1-5-20(6-2)31-24-11-10-19(16-22(24)29-25(31)17-21-9-7-14-35-21)26(33)30-23(15-18(3)4)27(34)28-12-8-13-32/h7,9-11,14,16,18,20,23,32H,5-6,8,12-13,15,17H2,1-4H3,(H,28,34)(H,30,33)/t23-/m0/s1. The first-order valence-electron chi connectivity index (χ1n) is 12.6. The summed E-state index contributed by atoms with van der Waals surface area (Å²) in [5.41, 5.74) is 2.32. The Bertz CT molecular complexity index is 1100. The minimum Gasteiger partial charge on any atom is -0.396 e. The van der Waals surface area contributed by atoms with Gasteiger partial charge in [-0.3, -0.25) is 9.59 Å². The molecular weight excluding hydrogens is 460 g/mol. The van der Waals surface area contributed by atoms with Gasteiger partial charge in [-0.2, -0.15) is 0 Å². The molecule has 0 spiro atoms. The number of aliphatic hydroxyl groups is 1. The highest BCUT2D eigenvalue weighted by Gasteiger charge is 2.23. The van der Waals surface area contributed by atoms with Crippen molar-refractivity contribution in [3.05, 3.63) is 52.0 Å². The number of hydrogen-bond donors (Lipinski definition) is 3. The Labute approximate surface area is 212 Å². The number of aliphatic hydroxyl groups excluding tert-OH is 1. The molecule has 1 aromatic carbocycles. The van der Waals surface area contributed by atoms with E-state index < -0.39 is 6.04 Å². The summed E-state index contributed by atoms with van der Waals surface area (Å²) in [6, 6.07) is 9.52. The van der Waals surface area contributed by atoms with Gasteiger partial charge >= 0.3 is 0 Å². The molecule has 0 bridgehead atoms. The number of hydrogen-bond acceptors (Lipinski definition) is 5. The Morgan fingerprint density at radius 3 is 2.57 bits per heavy atom. The van der Waals surface area contributed by atoms with Gasteiger partial charge in [0.05, 0.1) is 11.0 Å². The van der Waals surface area contributed by atoms with Crippen LogP contribution in [0.15, 0.2) is 35.7 Å². The maximum atomic E-state index is 13.1. The summed E-state index contributed by atoms with van der Waals surface area (Å²) >= 11 is 1.72. The third kappa shape index (κ3) is 6.92. The van der Waals surface area contributed by atoms with Crippen LogP contribution in [0.5, 0.6) is 0 Å². The molecule has 0 unspecified atom stereocenters. The Kier molecular flexibility index (Phi) is 9.86. The first kappa shape index (κ1) is 26.9. The van der Waals surface area contributed by atoms with E-state index in [0.29, 0.717) is 31.0 Å². The molecule has 2 aromatic heterocycles. The van der Waals surface area contributed by atoms with Crippen molar-refractivity contribution in [3.8, 4) is 0 Å². The number of nitrogens with one attached hydrogen (secondary N) is 2. The van der Waals surface area contributed by atoms with Gasteiger partial charge in [0, 0.05) is 36.1 Å². The molecule has 8 heteroatoms. The molecule has 1 atom stereocenters. The van der Waals surface area contributed by atoms with Crippen molar-refractivity contribution in [3.63, 3.8) is 0 Å². The van der Waals surface area contributed by atoms with Crippen molar-refractivity contribution in [1.82, 2.24) is 20.2 Å². The highest BCUT2D eigenvalue weighted by molar-refractivity contribution is 7.09. The number of carbonyl (C=O) groups excluding carboxylic acids is 2. The van der Waals surface area contributed by atoms with Gasteiger partial charge < -0.3 is 20.3 Å². The summed E-state index contributed by atoms with van der Waals surface area (Å²) < 4.78 is 2.33. The van der Waals surface area contributed by atoms with E-state index in [2.05, 4.69) is 46.6 Å². The molecule has 2 heterocycles. The predicted molar refractivity (Wildman–Crippen MR) is 142 cm³/mol. The molecule has 7 nitrogen and oxygen atoms in total. The molecule has 0 aliphatic heterocycles. The fourth-order valence-corrected chi connectivity index (χ4v) is 5.10. The van der Waals surface area contributed by atoms with Crippen LogP contribution < -0.4 is 10.6 Å². The zero-order valence-electron chi connectivity index (χ0n) is 21.2. The van der Waals surface area contributed by atoms with E-state index in [-0.39, 0.29) is 24.3 Å². The lowest BCUT2D eigenvalue weighted by molar-refractivity contribution is -0.123. The molecule has 190 valence electrons. The highest BCUT2D eigenvalue weighted by Crippen LogP contribution is 2.28. The van der Waals surface area contributed by atoms with Crippen LogP contribution in [0.1, 0.15) is 80.5 Å². The lowest BCUT2D eigenvalue weighted by Gasteiger charge is -2.20. The third-order valence-electron chi connectivity index (χ3n) is 6.21. The average molecular weight is 499 g/mol.